The van der Waals surface area contributed by atoms with Gasteiger partial charge < -0.3 is 9.11 Å². The Balaban J connectivity index is -0.0000000483. The zero-order valence-electron chi connectivity index (χ0n) is 8.03. The first-order valence-corrected chi connectivity index (χ1v) is 5.09. The molecule has 0 aliphatic rings. The van der Waals surface area contributed by atoms with E-state index in [1.165, 1.54) is 0 Å². The van der Waals surface area contributed by atoms with Crippen LogP contribution >= 0.6 is 0 Å². The topological polar surface area (TPSA) is 80.3 Å². The molecule has 0 saturated carbocycles. The summed E-state index contributed by atoms with van der Waals surface area (Å²) in [5.74, 6) is 0. The zero-order chi connectivity index (χ0) is 8.73. The van der Waals surface area contributed by atoms with E-state index in [-0.39, 0.29) is 108 Å². The molecule has 2 atom stereocenters. The molecule has 0 rings (SSSR count). The molecule has 0 aromatic carbocycles. The fraction of sp³-hybridized carbons (Fsp3) is 1.00. The molecule has 0 spiro atoms. The molecule has 4 nitrogen and oxygen atoms in total. The van der Waals surface area contributed by atoms with Crippen molar-refractivity contribution in [1.82, 2.24) is 0 Å². The summed E-state index contributed by atoms with van der Waals surface area (Å²) in [5.41, 5.74) is 0. The summed E-state index contributed by atoms with van der Waals surface area (Å²) >= 11 is -3.73. The molecule has 0 amide bonds. The molecule has 0 radical (unpaired) electrons. The molecule has 0 saturated heterocycles. The van der Waals surface area contributed by atoms with E-state index < -0.39 is 22.2 Å². The van der Waals surface area contributed by atoms with Crippen molar-refractivity contribution in [2.45, 2.75) is 19.1 Å². The van der Waals surface area contributed by atoms with Gasteiger partial charge in [0.05, 0.1) is 0 Å². The Kier molecular flexibility index (Phi) is 34.7. The van der Waals surface area contributed by atoms with Gasteiger partial charge in [0.2, 0.25) is 0 Å². The second kappa shape index (κ2) is 16.9. The third-order valence-corrected chi connectivity index (χ3v) is 1.15. The third kappa shape index (κ3) is 37.5. The standard InChI is InChI=1S/C3H8O2S.CH4O2S.2K/c1-3(2)6(4)5;1-4(2)3;;/h3H,1-2H3,(H,4,5);1H3,(H,2,3);;/q;;2*+1/p-2. The first-order chi connectivity index (χ1) is 4.37. The van der Waals surface area contributed by atoms with Gasteiger partial charge in [-0.05, 0) is 6.26 Å². The van der Waals surface area contributed by atoms with Gasteiger partial charge in [0, 0.05) is 5.25 Å². The molecule has 0 aromatic rings. The summed E-state index contributed by atoms with van der Waals surface area (Å²) in [6, 6.07) is 0. The van der Waals surface area contributed by atoms with E-state index in [4.69, 9.17) is 8.76 Å². The molecular formula is C4H10K2O4S2. The molecular weight excluding hydrogens is 254 g/mol. The monoisotopic (exact) mass is 264 g/mol. The second-order valence-electron chi connectivity index (χ2n) is 1.71. The number of rotatable bonds is 1. The quantitative estimate of drug-likeness (QED) is 0.349. The SMILES string of the molecule is CC(C)S(=O)[O-].CS(=O)[O-].[K+].[K+]. The number of hydrogen-bond acceptors (Lipinski definition) is 4. The van der Waals surface area contributed by atoms with Crippen LogP contribution in [0.5, 0.6) is 0 Å². The normalized spacial score (nSPS) is 12.8. The van der Waals surface area contributed by atoms with E-state index in [1.54, 1.807) is 13.8 Å². The molecule has 0 N–H and O–H groups in total. The van der Waals surface area contributed by atoms with Crippen LogP contribution in [0, 0.1) is 0 Å². The molecule has 0 aromatic heterocycles. The molecule has 12 heavy (non-hydrogen) atoms. The minimum absolute atomic E-state index is 0. The van der Waals surface area contributed by atoms with Crippen molar-refractivity contribution >= 4 is 22.2 Å². The van der Waals surface area contributed by atoms with Crippen LogP contribution in [0.4, 0.5) is 0 Å². The van der Waals surface area contributed by atoms with E-state index in [2.05, 4.69) is 0 Å². The second-order valence-corrected chi connectivity index (χ2v) is 3.98. The van der Waals surface area contributed by atoms with Gasteiger partial charge in [-0.25, -0.2) is 0 Å². The van der Waals surface area contributed by atoms with Crippen molar-refractivity contribution in [3.8, 4) is 0 Å². The Morgan fingerprint density at radius 3 is 1.17 bits per heavy atom. The molecule has 0 heterocycles. The smallest absolute Gasteiger partial charge is 0.773 e. The van der Waals surface area contributed by atoms with Gasteiger partial charge >= 0.3 is 103 Å². The van der Waals surface area contributed by atoms with E-state index in [0.29, 0.717) is 0 Å². The fourth-order valence-electron chi connectivity index (χ4n) is 0. The summed E-state index contributed by atoms with van der Waals surface area (Å²) in [7, 11) is 0. The largest absolute Gasteiger partial charge is 1.00 e. The van der Waals surface area contributed by atoms with E-state index >= 15 is 0 Å². The molecule has 0 fully saturated rings. The van der Waals surface area contributed by atoms with Crippen LogP contribution in [0.2, 0.25) is 0 Å². The van der Waals surface area contributed by atoms with Crippen LogP contribution < -0.4 is 103 Å². The average molecular weight is 264 g/mol. The Morgan fingerprint density at radius 1 is 1.08 bits per heavy atom. The van der Waals surface area contributed by atoms with Crippen LogP contribution in [-0.2, 0) is 22.2 Å². The molecule has 0 aliphatic heterocycles. The van der Waals surface area contributed by atoms with E-state index in [1.807, 2.05) is 0 Å². The molecule has 2 unspecified atom stereocenters. The van der Waals surface area contributed by atoms with Crippen molar-refractivity contribution in [3.05, 3.63) is 0 Å². The van der Waals surface area contributed by atoms with Crippen molar-refractivity contribution in [2.24, 2.45) is 0 Å². The van der Waals surface area contributed by atoms with Crippen molar-refractivity contribution < 1.29 is 120 Å². The molecule has 64 valence electrons. The van der Waals surface area contributed by atoms with Gasteiger partial charge in [-0.1, -0.05) is 36.0 Å². The zero-order valence-corrected chi connectivity index (χ0v) is 15.9. The van der Waals surface area contributed by atoms with Crippen LogP contribution in [0.1, 0.15) is 13.8 Å². The van der Waals surface area contributed by atoms with Crippen LogP contribution in [0.25, 0.3) is 0 Å². The maximum absolute atomic E-state index is 9.70. The predicted molar refractivity (Wildman–Crippen MR) is 38.9 cm³/mol. The van der Waals surface area contributed by atoms with E-state index in [9.17, 15) is 8.76 Å². The van der Waals surface area contributed by atoms with Gasteiger partial charge in [-0.3, -0.25) is 8.42 Å². The Morgan fingerprint density at radius 2 is 1.17 bits per heavy atom. The summed E-state index contributed by atoms with van der Waals surface area (Å²) in [6.45, 7) is 3.26. The Bertz CT molecular complexity index is 126. The Hall–Kier alpha value is 3.49. The van der Waals surface area contributed by atoms with Gasteiger partial charge in [0.1, 0.15) is 0 Å². The average Bonchev–Trinajstić information content (AvgIpc) is 1.63. The molecule has 8 heteroatoms. The summed E-state index contributed by atoms with van der Waals surface area (Å²) in [6.07, 6.45) is 1.08. The van der Waals surface area contributed by atoms with Crippen molar-refractivity contribution in [3.63, 3.8) is 0 Å². The summed E-state index contributed by atoms with van der Waals surface area (Å²) in [5, 5.41) is -0.231. The summed E-state index contributed by atoms with van der Waals surface area (Å²) in [4.78, 5) is 0. The van der Waals surface area contributed by atoms with Gasteiger partial charge in [0.15, 0.2) is 0 Å². The minimum Gasteiger partial charge on any atom is -0.773 e. The Labute approximate surface area is 163 Å². The van der Waals surface area contributed by atoms with Crippen LogP contribution in [0.15, 0.2) is 0 Å². The maximum Gasteiger partial charge on any atom is 1.00 e. The van der Waals surface area contributed by atoms with Crippen LogP contribution in [0.3, 0.4) is 0 Å². The molecule has 0 bridgehead atoms. The predicted octanol–water partition coefficient (Wildman–Crippen LogP) is -6.22. The van der Waals surface area contributed by atoms with Crippen molar-refractivity contribution in [2.75, 3.05) is 6.26 Å². The van der Waals surface area contributed by atoms with Crippen molar-refractivity contribution in [1.29, 1.82) is 0 Å². The van der Waals surface area contributed by atoms with Gasteiger partial charge in [0.25, 0.3) is 0 Å². The first kappa shape index (κ1) is 24.6. The van der Waals surface area contributed by atoms with Crippen LogP contribution in [-0.4, -0.2) is 29.0 Å². The number of hydrogen-bond donors (Lipinski definition) is 0. The first-order valence-electron chi connectivity index (χ1n) is 2.47. The third-order valence-electron chi connectivity index (χ3n) is 0.385. The molecule has 0 aliphatic carbocycles. The minimum atomic E-state index is -1.87. The van der Waals surface area contributed by atoms with Gasteiger partial charge in [-0.2, -0.15) is 0 Å². The maximum atomic E-state index is 9.70. The fourth-order valence-corrected chi connectivity index (χ4v) is 0. The van der Waals surface area contributed by atoms with E-state index in [0.717, 1.165) is 6.26 Å². The van der Waals surface area contributed by atoms with Gasteiger partial charge in [-0.15, -0.1) is 0 Å². The summed E-state index contributed by atoms with van der Waals surface area (Å²) < 4.78 is 37.4.